The average molecular weight is 992 g/mol. The minimum absolute atomic E-state index is 0. The van der Waals surface area contributed by atoms with Crippen LogP contribution in [-0.4, -0.2) is 4.98 Å². The number of fused-ring (bicyclic) bond motifs is 9. The molecule has 0 saturated carbocycles. The Labute approximate surface area is 349 Å². The second-order valence-electron chi connectivity index (χ2n) is 12.7. The Kier molecular flexibility index (Phi) is 11.0. The number of aromatic nitrogens is 4. The first-order valence-electron chi connectivity index (χ1n) is 16.1. The summed E-state index contributed by atoms with van der Waals surface area (Å²) < 4.78 is 352. The first kappa shape index (κ1) is 46.3. The second kappa shape index (κ2) is 15.5. The van der Waals surface area contributed by atoms with E-state index in [2.05, 4.69) is 19.9 Å². The molecule has 0 aliphatic carbocycles. The van der Waals surface area contributed by atoms with Gasteiger partial charge in [0, 0.05) is 11.1 Å². The topological polar surface area (TPSA) is 55.2 Å². The fourth-order valence-corrected chi connectivity index (χ4v) is 6.50. The van der Waals surface area contributed by atoms with Crippen LogP contribution >= 0.6 is 0 Å². The molecule has 5 heterocycles. The van der Waals surface area contributed by atoms with Crippen molar-refractivity contribution in [3.8, 4) is 33.4 Å². The maximum Gasteiger partial charge on any atom is 3.00 e. The third kappa shape index (κ3) is 6.11. The van der Waals surface area contributed by atoms with Gasteiger partial charge in [0.2, 0.25) is 17.5 Å². The molecule has 0 atom stereocenters. The van der Waals surface area contributed by atoms with Crippen molar-refractivity contribution >= 4 is 44.8 Å². The summed E-state index contributed by atoms with van der Waals surface area (Å²) in [5.74, 6) is -70.5. The van der Waals surface area contributed by atoms with E-state index in [0.717, 1.165) is 0 Å². The van der Waals surface area contributed by atoms with E-state index >= 15 is 61.5 Å². The Morgan fingerprint density at radius 2 is 0.385 bits per heavy atom. The van der Waals surface area contributed by atoms with Crippen LogP contribution in [0.1, 0.15) is 11.4 Å². The number of rotatable bonds is 3. The van der Waals surface area contributed by atoms with Crippen LogP contribution in [0.25, 0.3) is 78.1 Å². The van der Waals surface area contributed by atoms with Crippen molar-refractivity contribution in [1.82, 2.24) is 19.9 Å². The monoisotopic (exact) mass is 992 g/mol. The van der Waals surface area contributed by atoms with Crippen LogP contribution in [0.15, 0.2) is 0 Å². The molecule has 28 heteroatoms. The van der Waals surface area contributed by atoms with Crippen molar-refractivity contribution in [3.63, 3.8) is 0 Å². The largest absolute Gasteiger partial charge is 3.00 e. The zero-order valence-corrected chi connectivity index (χ0v) is 30.5. The van der Waals surface area contributed by atoms with Crippen molar-refractivity contribution in [2.45, 2.75) is 0 Å². The number of halogens is 23. The third-order valence-electron chi connectivity index (χ3n) is 9.35. The number of nitrogens with zero attached hydrogens (tertiary/aromatic N) is 4. The molecule has 1 aliphatic rings. The average Bonchev–Trinajstić information content (AvgIpc) is 3.93. The molecule has 0 fully saturated rings. The molecule has 0 saturated heterocycles. The minimum atomic E-state index is -3.20. The fraction of sp³-hybridized carbons (Fsp3) is 0. The van der Waals surface area contributed by atoms with Gasteiger partial charge in [0.15, 0.2) is 81.5 Å². The zero-order chi connectivity index (χ0) is 47.2. The van der Waals surface area contributed by atoms with Crippen molar-refractivity contribution < 1.29 is 118 Å². The smallest absolute Gasteiger partial charge is 0.653 e. The zero-order valence-electron chi connectivity index (χ0n) is 29.4. The number of hydrogen-bond donors (Lipinski definition) is 0. The molecular formula is C37F23MnN4. The van der Waals surface area contributed by atoms with E-state index in [0.29, 0.717) is 0 Å². The Bertz CT molecular complexity index is 3410. The summed E-state index contributed by atoms with van der Waals surface area (Å²) in [5.41, 5.74) is -35.3. The normalized spacial score (nSPS) is 12.4. The van der Waals surface area contributed by atoms with Crippen LogP contribution in [0, 0.1) is 122 Å². The van der Waals surface area contributed by atoms with Crippen LogP contribution in [0.2, 0.25) is 0 Å². The van der Waals surface area contributed by atoms with Crippen molar-refractivity contribution in [2.75, 3.05) is 0 Å². The maximum atomic E-state index is 16.2. The molecule has 3 aromatic carbocycles. The number of hydrogen-bond acceptors (Lipinski definition) is 1. The van der Waals surface area contributed by atoms with Crippen LogP contribution in [-0.2, 0) is 17.1 Å². The van der Waals surface area contributed by atoms with Crippen LogP contribution in [0.3, 0.4) is 0 Å². The molecule has 4 aromatic heterocycles. The van der Waals surface area contributed by atoms with Gasteiger partial charge in [0.25, 0.3) is 0 Å². The molecule has 4 nitrogen and oxygen atoms in total. The van der Waals surface area contributed by atoms with E-state index in [9.17, 15) is 39.5 Å². The summed E-state index contributed by atoms with van der Waals surface area (Å²) in [6.07, 6.45) is 0. The first-order valence-corrected chi connectivity index (χ1v) is 16.1. The Morgan fingerprint density at radius 3 is 0.646 bits per heavy atom. The minimum Gasteiger partial charge on any atom is -0.653 e. The van der Waals surface area contributed by atoms with E-state index < -0.39 is 212 Å². The second-order valence-corrected chi connectivity index (χ2v) is 12.7. The summed E-state index contributed by atoms with van der Waals surface area (Å²) in [6.45, 7) is 0. The van der Waals surface area contributed by atoms with Gasteiger partial charge in [0.1, 0.15) is 46.3 Å². The van der Waals surface area contributed by atoms with Crippen LogP contribution < -0.4 is 15.0 Å². The van der Waals surface area contributed by atoms with Gasteiger partial charge < -0.3 is 15.0 Å². The van der Waals surface area contributed by atoms with Crippen LogP contribution in [0.4, 0.5) is 101 Å². The molecule has 8 bridgehead atoms. The summed E-state index contributed by atoms with van der Waals surface area (Å²) in [6, 6.07) is 0. The van der Waals surface area contributed by atoms with Gasteiger partial charge in [-0.25, -0.2) is 106 Å². The van der Waals surface area contributed by atoms with E-state index in [1.807, 2.05) is 0 Å². The Morgan fingerprint density at radius 1 is 0.200 bits per heavy atom. The molecule has 1 aliphatic heterocycles. The summed E-state index contributed by atoms with van der Waals surface area (Å²) in [5, 5.41) is 0. The first-order chi connectivity index (χ1) is 29.9. The third-order valence-corrected chi connectivity index (χ3v) is 9.35. The molecule has 0 spiro atoms. The molecular weight excluding hydrogens is 992 g/mol. The van der Waals surface area contributed by atoms with E-state index in [1.54, 1.807) is 0 Å². The molecule has 0 amide bonds. The van der Waals surface area contributed by atoms with Gasteiger partial charge in [-0.05, 0) is 5.56 Å². The molecule has 65 heavy (non-hydrogen) atoms. The van der Waals surface area contributed by atoms with E-state index in [4.69, 9.17) is 0 Å². The molecule has 0 N–H and O–H groups in total. The SMILES string of the molecule is FC1=C(F)c2nc1c(-c1c(F)c(F)c(F)c(F)c1F)c1[n-]c(c(F)c1F)c(-c1c(F)c(F)c(F)c(F)c1F)c1[n-]c(c(F)c1F)c1[n-]c(c(F)c1F)c2-c1c(F)c(F)c(F)c(F)c1F.[Mn+3]. The van der Waals surface area contributed by atoms with Gasteiger partial charge >= 0.3 is 17.1 Å². The summed E-state index contributed by atoms with van der Waals surface area (Å²) in [7, 11) is 0. The Hall–Kier alpha value is -6.70. The van der Waals surface area contributed by atoms with E-state index in [1.165, 1.54) is 0 Å². The predicted octanol–water partition coefficient (Wildman–Crippen LogP) is 12.1. The molecule has 0 unspecified atom stereocenters. The Balaban J connectivity index is 0.00000630. The van der Waals surface area contributed by atoms with Crippen molar-refractivity contribution in [2.24, 2.45) is 0 Å². The summed E-state index contributed by atoms with van der Waals surface area (Å²) in [4.78, 5) is 11.7. The van der Waals surface area contributed by atoms with E-state index in [-0.39, 0.29) is 17.1 Å². The quantitative estimate of drug-likeness (QED) is 0.0766. The maximum absolute atomic E-state index is 16.2. The summed E-state index contributed by atoms with van der Waals surface area (Å²) >= 11 is 0. The van der Waals surface area contributed by atoms with Gasteiger partial charge in [-0.15, -0.1) is 11.0 Å². The van der Waals surface area contributed by atoms with Gasteiger partial charge in [-0.3, -0.25) is 0 Å². The van der Waals surface area contributed by atoms with Gasteiger partial charge in [0.05, 0.1) is 16.7 Å². The van der Waals surface area contributed by atoms with Gasteiger partial charge in [-0.2, -0.15) is 0 Å². The molecule has 0 radical (unpaired) electrons. The van der Waals surface area contributed by atoms with Crippen LogP contribution in [0.5, 0.6) is 0 Å². The predicted molar refractivity (Wildman–Crippen MR) is 168 cm³/mol. The van der Waals surface area contributed by atoms with Gasteiger partial charge in [-0.1, -0.05) is 22.1 Å². The molecule has 8 rings (SSSR count). The van der Waals surface area contributed by atoms with Crippen molar-refractivity contribution in [3.05, 3.63) is 134 Å². The fourth-order valence-electron chi connectivity index (χ4n) is 6.50. The number of benzene rings is 3. The standard InChI is InChI=1S/C37F23N4.Mn/c38-7-1(8(39)14(45)19(50)13(7)44)4-30-22(53)24(55)32(61-30)5(2-9(40)15(46)20(51)16(47)10(2)41)34-26(57)28(59)36(63-34)37-29(60)27(58)35(64-37)6(33-25(56)23(54)31(4)62-33)3-11(42)17(48)21(52)18(49)12(3)43;/q-3;+3. The van der Waals surface area contributed by atoms with Crippen molar-refractivity contribution in [1.29, 1.82) is 0 Å². The molecule has 336 valence electrons. The molecule has 7 aromatic rings.